The summed E-state index contributed by atoms with van der Waals surface area (Å²) >= 11 is 0. The molecule has 0 aliphatic rings. The molecule has 0 spiro atoms. The summed E-state index contributed by atoms with van der Waals surface area (Å²) in [5.74, 6) is -0.0284. The third-order valence-corrected chi connectivity index (χ3v) is 8.47. The lowest BCUT2D eigenvalue weighted by molar-refractivity contribution is 0.0178. The minimum Gasteiger partial charge on any atom is -0.416 e. The van der Waals surface area contributed by atoms with Crippen molar-refractivity contribution in [3.05, 3.63) is 0 Å². The van der Waals surface area contributed by atoms with Crippen LogP contribution in [-0.2, 0) is 4.43 Å². The summed E-state index contributed by atoms with van der Waals surface area (Å²) in [5, 5.41) is 19.2. The molecule has 0 fully saturated rings. The van der Waals surface area contributed by atoms with Gasteiger partial charge < -0.3 is 14.6 Å². The molecule has 0 rings (SSSR count). The van der Waals surface area contributed by atoms with Gasteiger partial charge in [-0.1, -0.05) is 34.6 Å². The van der Waals surface area contributed by atoms with Crippen molar-refractivity contribution in [1.29, 1.82) is 0 Å². The lowest BCUT2D eigenvalue weighted by Crippen LogP contribution is -2.43. The van der Waals surface area contributed by atoms with Crippen LogP contribution in [0, 0.1) is 11.8 Å². The number of aliphatic hydroxyl groups excluding tert-OH is 2. The molecule has 0 saturated carbocycles. The number of aliphatic hydroxyl groups is 2. The van der Waals surface area contributed by atoms with Gasteiger partial charge in [-0.25, -0.2) is 0 Å². The van der Waals surface area contributed by atoms with E-state index in [0.29, 0.717) is 6.61 Å². The molecule has 0 bridgehead atoms. The van der Waals surface area contributed by atoms with E-state index < -0.39 is 14.4 Å². The van der Waals surface area contributed by atoms with E-state index in [1.165, 1.54) is 0 Å². The molecule has 0 aliphatic carbocycles. The Balaban J connectivity index is 4.29. The lowest BCUT2D eigenvalue weighted by atomic mass is 9.95. The van der Waals surface area contributed by atoms with Gasteiger partial charge in [0.15, 0.2) is 8.32 Å². The highest BCUT2D eigenvalue weighted by Crippen LogP contribution is 2.36. The maximum atomic E-state index is 9.96. The van der Waals surface area contributed by atoms with E-state index in [-0.39, 0.29) is 23.5 Å². The Bertz CT molecular complexity index is 223. The molecule has 0 unspecified atom stereocenters. The van der Waals surface area contributed by atoms with E-state index in [1.54, 1.807) is 0 Å². The second-order valence-corrected chi connectivity index (χ2v) is 11.5. The van der Waals surface area contributed by atoms with Gasteiger partial charge in [-0.05, 0) is 18.1 Å². The first-order chi connectivity index (χ1) is 7.53. The van der Waals surface area contributed by atoms with Gasteiger partial charge in [0.1, 0.15) is 0 Å². The molecule has 0 radical (unpaired) electrons. The van der Waals surface area contributed by atoms with Gasteiger partial charge >= 0.3 is 0 Å². The average Bonchev–Trinajstić information content (AvgIpc) is 2.22. The third-order valence-electron chi connectivity index (χ3n) is 3.97. The van der Waals surface area contributed by atoms with Gasteiger partial charge in [0, 0.05) is 25.0 Å². The van der Waals surface area contributed by atoms with E-state index in [1.807, 2.05) is 13.8 Å². The van der Waals surface area contributed by atoms with Crippen LogP contribution in [0.1, 0.15) is 34.6 Å². The highest BCUT2D eigenvalue weighted by atomic mass is 28.4. The number of hydrogen-bond donors (Lipinski definition) is 2. The minimum atomic E-state index is -1.73. The molecule has 0 aromatic carbocycles. The molecular formula is C13H30O3Si. The SMILES string of the molecule is C[C@@H](CO)[C@@H](O)[C@@H](C)CO[Si](C)(C)C(C)(C)C. The average molecular weight is 262 g/mol. The van der Waals surface area contributed by atoms with Gasteiger partial charge in [0.25, 0.3) is 0 Å². The van der Waals surface area contributed by atoms with Crippen molar-refractivity contribution in [2.45, 2.75) is 58.9 Å². The molecule has 0 aromatic rings. The second-order valence-electron chi connectivity index (χ2n) is 6.70. The molecule has 0 saturated heterocycles. The molecule has 2 N–H and O–H groups in total. The predicted molar refractivity (Wildman–Crippen MR) is 74.6 cm³/mol. The van der Waals surface area contributed by atoms with E-state index in [4.69, 9.17) is 9.53 Å². The van der Waals surface area contributed by atoms with Crippen LogP contribution < -0.4 is 0 Å². The molecule has 104 valence electrons. The molecular weight excluding hydrogens is 232 g/mol. The first-order valence-corrected chi connectivity index (χ1v) is 9.36. The van der Waals surface area contributed by atoms with Crippen molar-refractivity contribution < 1.29 is 14.6 Å². The summed E-state index contributed by atoms with van der Waals surface area (Å²) in [5.41, 5.74) is 0. The number of rotatable bonds is 6. The molecule has 0 aromatic heterocycles. The van der Waals surface area contributed by atoms with Crippen molar-refractivity contribution in [3.8, 4) is 0 Å². The maximum absolute atomic E-state index is 9.96. The van der Waals surface area contributed by atoms with Crippen LogP contribution in [0.3, 0.4) is 0 Å². The highest BCUT2D eigenvalue weighted by molar-refractivity contribution is 6.74. The van der Waals surface area contributed by atoms with Gasteiger partial charge in [0.2, 0.25) is 0 Å². The lowest BCUT2D eigenvalue weighted by Gasteiger charge is -2.37. The summed E-state index contributed by atoms with van der Waals surface area (Å²) < 4.78 is 6.07. The van der Waals surface area contributed by atoms with Crippen LogP contribution >= 0.6 is 0 Å². The van der Waals surface area contributed by atoms with E-state index >= 15 is 0 Å². The van der Waals surface area contributed by atoms with Crippen molar-refractivity contribution in [2.75, 3.05) is 13.2 Å². The predicted octanol–water partition coefficient (Wildman–Crippen LogP) is 2.63. The zero-order valence-corrected chi connectivity index (χ0v) is 13.4. The van der Waals surface area contributed by atoms with Crippen LogP contribution in [0.4, 0.5) is 0 Å². The van der Waals surface area contributed by atoms with E-state index in [9.17, 15) is 5.11 Å². The van der Waals surface area contributed by atoms with Crippen LogP contribution in [0.25, 0.3) is 0 Å². The fourth-order valence-corrected chi connectivity index (χ4v) is 2.44. The van der Waals surface area contributed by atoms with Crippen molar-refractivity contribution in [2.24, 2.45) is 11.8 Å². The fourth-order valence-electron chi connectivity index (χ4n) is 1.32. The molecule has 0 aliphatic heterocycles. The summed E-state index contributed by atoms with van der Waals surface area (Å²) in [4.78, 5) is 0. The van der Waals surface area contributed by atoms with Crippen molar-refractivity contribution in [1.82, 2.24) is 0 Å². The molecule has 3 atom stereocenters. The summed E-state index contributed by atoms with van der Waals surface area (Å²) in [6.45, 7) is 15.5. The van der Waals surface area contributed by atoms with Gasteiger partial charge in [-0.15, -0.1) is 0 Å². The first kappa shape index (κ1) is 17.1. The van der Waals surface area contributed by atoms with Gasteiger partial charge in [0.05, 0.1) is 6.10 Å². The van der Waals surface area contributed by atoms with E-state index in [2.05, 4.69) is 33.9 Å². The Hall–Kier alpha value is 0.0969. The topological polar surface area (TPSA) is 49.7 Å². The van der Waals surface area contributed by atoms with Gasteiger partial charge in [-0.2, -0.15) is 0 Å². The van der Waals surface area contributed by atoms with E-state index in [0.717, 1.165) is 0 Å². The van der Waals surface area contributed by atoms with Crippen LogP contribution in [-0.4, -0.2) is 37.8 Å². The normalized spacial score (nSPS) is 18.9. The Morgan fingerprint density at radius 1 is 1.12 bits per heavy atom. The zero-order chi connectivity index (χ0) is 13.9. The summed E-state index contributed by atoms with van der Waals surface area (Å²) in [6.07, 6.45) is -0.496. The van der Waals surface area contributed by atoms with Gasteiger partial charge in [-0.3, -0.25) is 0 Å². The minimum absolute atomic E-state index is 0.0194. The van der Waals surface area contributed by atoms with Crippen molar-refractivity contribution in [3.63, 3.8) is 0 Å². The zero-order valence-electron chi connectivity index (χ0n) is 12.4. The van der Waals surface area contributed by atoms with Crippen LogP contribution in [0.5, 0.6) is 0 Å². The summed E-state index contributed by atoms with van der Waals surface area (Å²) in [7, 11) is -1.73. The molecule has 3 nitrogen and oxygen atoms in total. The molecule has 4 heteroatoms. The smallest absolute Gasteiger partial charge is 0.191 e. The van der Waals surface area contributed by atoms with Crippen LogP contribution in [0.15, 0.2) is 0 Å². The number of hydrogen-bond acceptors (Lipinski definition) is 3. The Morgan fingerprint density at radius 2 is 1.59 bits per heavy atom. The third kappa shape index (κ3) is 5.08. The largest absolute Gasteiger partial charge is 0.416 e. The standard InChI is InChI=1S/C13H30O3Si/c1-10(8-14)12(15)11(2)9-16-17(6,7)13(3,4)5/h10-12,14-15H,8-9H2,1-7H3/t10-,11-,12+/m0/s1. The molecule has 0 amide bonds. The Morgan fingerprint density at radius 3 is 1.94 bits per heavy atom. The second kappa shape index (κ2) is 6.32. The quantitative estimate of drug-likeness (QED) is 0.724. The monoisotopic (exact) mass is 262 g/mol. The molecule has 0 heterocycles. The first-order valence-electron chi connectivity index (χ1n) is 6.46. The fraction of sp³-hybridized carbons (Fsp3) is 1.00. The van der Waals surface area contributed by atoms with Crippen molar-refractivity contribution >= 4 is 8.32 Å². The highest BCUT2D eigenvalue weighted by Gasteiger charge is 2.37. The molecule has 17 heavy (non-hydrogen) atoms. The maximum Gasteiger partial charge on any atom is 0.191 e. The Labute approximate surface area is 107 Å². The Kier molecular flexibility index (Phi) is 6.35. The van der Waals surface area contributed by atoms with Crippen LogP contribution in [0.2, 0.25) is 18.1 Å². The summed E-state index contributed by atoms with van der Waals surface area (Å²) in [6, 6.07) is 0.